The number of halogens is 5. The van der Waals surface area contributed by atoms with E-state index in [4.69, 9.17) is 5.11 Å². The number of likely N-dealkylation sites (tertiary alicyclic amines) is 1. The van der Waals surface area contributed by atoms with Crippen LogP contribution in [0.3, 0.4) is 0 Å². The van der Waals surface area contributed by atoms with Crippen molar-refractivity contribution >= 4 is 12.0 Å². The number of carboxylic acid groups (broad SMARTS) is 1. The van der Waals surface area contributed by atoms with Crippen LogP contribution in [0.25, 0.3) is 0 Å². The van der Waals surface area contributed by atoms with E-state index in [0.29, 0.717) is 0 Å². The van der Waals surface area contributed by atoms with Crippen molar-refractivity contribution in [1.29, 1.82) is 0 Å². The molecule has 9 nitrogen and oxygen atoms in total. The third-order valence-corrected chi connectivity index (χ3v) is 5.64. The molecule has 1 saturated heterocycles. The number of aryl methyl sites for hydroxylation is 1. The molecule has 3 heterocycles. The lowest BCUT2D eigenvalue weighted by Gasteiger charge is -2.37. The number of piperidine rings is 1. The topological polar surface area (TPSA) is 119 Å². The number of nitrogens with zero attached hydrogens (tertiary/aromatic N) is 4. The van der Waals surface area contributed by atoms with Gasteiger partial charge in [0.2, 0.25) is 5.91 Å². The van der Waals surface area contributed by atoms with Gasteiger partial charge in [-0.05, 0) is 13.3 Å². The Labute approximate surface area is 185 Å². The minimum Gasteiger partial charge on any atom is -0.465 e. The Morgan fingerprint density at radius 2 is 1.97 bits per heavy atom. The third kappa shape index (κ3) is 6.25. The first-order valence-corrected chi connectivity index (χ1v) is 10.3. The molecule has 1 aromatic rings. The van der Waals surface area contributed by atoms with Gasteiger partial charge in [-0.1, -0.05) is 0 Å². The number of rotatable bonds is 6. The summed E-state index contributed by atoms with van der Waals surface area (Å²) in [6.45, 7) is -0.0221. The van der Waals surface area contributed by atoms with E-state index in [1.807, 2.05) is 0 Å². The normalized spacial score (nSPS) is 20.8. The molecule has 0 bridgehead atoms. The molecule has 33 heavy (non-hydrogen) atoms. The molecule has 184 valence electrons. The number of aromatic nitrogens is 2. The predicted molar refractivity (Wildman–Crippen MR) is 102 cm³/mol. The lowest BCUT2D eigenvalue weighted by molar-refractivity contribution is -0.148. The number of carbonyl (C=O) groups is 2. The maximum absolute atomic E-state index is 13.7. The van der Waals surface area contributed by atoms with Gasteiger partial charge in [-0.25, -0.2) is 23.5 Å². The van der Waals surface area contributed by atoms with Crippen LogP contribution in [0.4, 0.5) is 26.7 Å². The van der Waals surface area contributed by atoms with Crippen molar-refractivity contribution in [2.24, 2.45) is 0 Å². The van der Waals surface area contributed by atoms with E-state index in [1.165, 1.54) is 11.8 Å². The predicted octanol–water partition coefficient (Wildman–Crippen LogP) is 1.76. The van der Waals surface area contributed by atoms with Crippen molar-refractivity contribution in [3.05, 3.63) is 22.8 Å². The Bertz CT molecular complexity index is 913. The summed E-state index contributed by atoms with van der Waals surface area (Å²) >= 11 is 0. The van der Waals surface area contributed by atoms with E-state index >= 15 is 0 Å². The highest BCUT2D eigenvalue weighted by molar-refractivity contribution is 5.77. The van der Waals surface area contributed by atoms with Gasteiger partial charge in [0.1, 0.15) is 12.1 Å². The molecule has 2 aliphatic heterocycles. The molecule has 0 saturated carbocycles. The van der Waals surface area contributed by atoms with Crippen LogP contribution in [0, 0.1) is 6.92 Å². The Kier molecular flexibility index (Phi) is 7.07. The molecule has 1 unspecified atom stereocenters. The lowest BCUT2D eigenvalue weighted by Crippen LogP contribution is -2.54. The van der Waals surface area contributed by atoms with Crippen molar-refractivity contribution in [2.75, 3.05) is 19.6 Å². The first kappa shape index (κ1) is 25.0. The molecular formula is C19H24F5N5O4. The molecule has 1 aromatic heterocycles. The summed E-state index contributed by atoms with van der Waals surface area (Å²) < 4.78 is 67.3. The van der Waals surface area contributed by atoms with Crippen LogP contribution in [0.15, 0.2) is 0 Å². The summed E-state index contributed by atoms with van der Waals surface area (Å²) in [7, 11) is 0. The van der Waals surface area contributed by atoms with Crippen LogP contribution in [0.2, 0.25) is 0 Å². The van der Waals surface area contributed by atoms with Crippen molar-refractivity contribution in [3.8, 4) is 0 Å². The van der Waals surface area contributed by atoms with Gasteiger partial charge in [0.15, 0.2) is 5.69 Å². The van der Waals surface area contributed by atoms with Crippen molar-refractivity contribution in [2.45, 2.75) is 63.5 Å². The van der Waals surface area contributed by atoms with Gasteiger partial charge in [0.25, 0.3) is 5.92 Å². The second-order valence-corrected chi connectivity index (χ2v) is 8.26. The number of amides is 2. The van der Waals surface area contributed by atoms with Gasteiger partial charge in [0.05, 0.1) is 18.3 Å². The molecule has 14 heteroatoms. The molecule has 0 aromatic carbocycles. The van der Waals surface area contributed by atoms with Gasteiger partial charge in [-0.15, -0.1) is 0 Å². The van der Waals surface area contributed by atoms with E-state index in [0.717, 1.165) is 4.90 Å². The fourth-order valence-corrected chi connectivity index (χ4v) is 4.15. The largest absolute Gasteiger partial charge is 0.465 e. The van der Waals surface area contributed by atoms with Gasteiger partial charge in [0, 0.05) is 44.5 Å². The molecule has 0 aliphatic carbocycles. The second kappa shape index (κ2) is 9.33. The molecule has 3 rings (SSSR count). The summed E-state index contributed by atoms with van der Waals surface area (Å²) in [5.74, 6) is -3.72. The molecule has 2 amide bonds. The summed E-state index contributed by atoms with van der Waals surface area (Å²) in [4.78, 5) is 33.0. The van der Waals surface area contributed by atoms with Crippen LogP contribution >= 0.6 is 0 Å². The standard InChI is InChI=1S/C19H24F5N5O4/c1-10-25-13-8-28(5-3-12(13)16(26-10)19(22,23)24)15(31)6-11(27-17(32)33)7-29-9-18(20,21)4-2-14(29)30/h11,15,27,31H,2-9H2,1H3,(H,32,33)/t11-,15?/m0/s1. The molecular weight excluding hydrogens is 457 g/mol. The minimum atomic E-state index is -4.65. The Balaban J connectivity index is 1.72. The lowest BCUT2D eigenvalue weighted by atomic mass is 10.0. The highest BCUT2D eigenvalue weighted by atomic mass is 19.4. The van der Waals surface area contributed by atoms with E-state index in [9.17, 15) is 36.6 Å². The highest BCUT2D eigenvalue weighted by Gasteiger charge is 2.41. The average Bonchev–Trinajstić information content (AvgIpc) is 2.68. The quantitative estimate of drug-likeness (QED) is 0.530. The Morgan fingerprint density at radius 3 is 2.61 bits per heavy atom. The summed E-state index contributed by atoms with van der Waals surface area (Å²) in [5, 5.41) is 21.9. The van der Waals surface area contributed by atoms with Crippen molar-refractivity contribution in [3.63, 3.8) is 0 Å². The minimum absolute atomic E-state index is 0.0180. The summed E-state index contributed by atoms with van der Waals surface area (Å²) in [6.07, 6.45) is -8.76. The van der Waals surface area contributed by atoms with Crippen LogP contribution in [0.1, 0.15) is 42.0 Å². The fourth-order valence-electron chi connectivity index (χ4n) is 4.15. The van der Waals surface area contributed by atoms with Crippen LogP contribution < -0.4 is 5.32 Å². The number of alkyl halides is 5. The Morgan fingerprint density at radius 1 is 1.27 bits per heavy atom. The maximum Gasteiger partial charge on any atom is 0.433 e. The molecule has 2 aliphatic rings. The van der Waals surface area contributed by atoms with Gasteiger partial charge < -0.3 is 20.4 Å². The fraction of sp³-hybridized carbons (Fsp3) is 0.684. The first-order valence-electron chi connectivity index (χ1n) is 10.3. The summed E-state index contributed by atoms with van der Waals surface area (Å²) in [5.41, 5.74) is -0.972. The number of aliphatic hydroxyl groups excluding tert-OH is 1. The Hall–Kier alpha value is -2.61. The third-order valence-electron chi connectivity index (χ3n) is 5.64. The monoisotopic (exact) mass is 481 g/mol. The molecule has 0 spiro atoms. The highest BCUT2D eigenvalue weighted by Crippen LogP contribution is 2.34. The smallest absolute Gasteiger partial charge is 0.433 e. The van der Waals surface area contributed by atoms with Crippen LogP contribution in [0.5, 0.6) is 0 Å². The van der Waals surface area contributed by atoms with Gasteiger partial charge >= 0.3 is 12.3 Å². The average molecular weight is 481 g/mol. The van der Waals surface area contributed by atoms with Crippen LogP contribution in [-0.2, 0) is 23.9 Å². The number of fused-ring (bicyclic) bond motifs is 1. The van der Waals surface area contributed by atoms with E-state index < -0.39 is 55.0 Å². The zero-order valence-electron chi connectivity index (χ0n) is 17.7. The molecule has 2 atom stereocenters. The van der Waals surface area contributed by atoms with Gasteiger partial charge in [-0.2, -0.15) is 13.2 Å². The van der Waals surface area contributed by atoms with Crippen molar-refractivity contribution < 1.29 is 41.8 Å². The molecule has 1 fully saturated rings. The number of hydrogen-bond acceptors (Lipinski definition) is 6. The zero-order chi connectivity index (χ0) is 24.6. The molecule has 0 radical (unpaired) electrons. The van der Waals surface area contributed by atoms with E-state index in [2.05, 4.69) is 15.3 Å². The number of carbonyl (C=O) groups excluding carboxylic acids is 1. The number of aliphatic hydroxyl groups is 1. The second-order valence-electron chi connectivity index (χ2n) is 8.26. The number of nitrogens with one attached hydrogen (secondary N) is 1. The van der Waals surface area contributed by atoms with E-state index in [1.54, 1.807) is 0 Å². The summed E-state index contributed by atoms with van der Waals surface area (Å²) in [6, 6.07) is -1.07. The zero-order valence-corrected chi connectivity index (χ0v) is 17.7. The van der Waals surface area contributed by atoms with Crippen LogP contribution in [-0.4, -0.2) is 79.8 Å². The SMILES string of the molecule is Cc1nc2c(c(C(F)(F)F)n1)CCN(C(O)C[C@@H](CN1CC(F)(F)CCC1=O)NC(=O)O)C2. The van der Waals surface area contributed by atoms with Gasteiger partial charge in [-0.3, -0.25) is 9.69 Å². The first-order chi connectivity index (χ1) is 15.2. The van der Waals surface area contributed by atoms with Crippen molar-refractivity contribution in [1.82, 2.24) is 25.1 Å². The molecule has 3 N–H and O–H groups in total. The van der Waals surface area contributed by atoms with E-state index in [-0.39, 0.29) is 56.0 Å². The number of hydrogen-bond donors (Lipinski definition) is 3. The maximum atomic E-state index is 13.7.